The number of benzene rings is 2. The third-order valence-electron chi connectivity index (χ3n) is 5.88. The molecule has 0 saturated carbocycles. The normalized spacial score (nSPS) is 17.1. The van der Waals surface area contributed by atoms with Crippen LogP contribution in [0.15, 0.2) is 41.3 Å². The number of rotatable bonds is 5. The summed E-state index contributed by atoms with van der Waals surface area (Å²) in [6.45, 7) is 5.64. The highest BCUT2D eigenvalue weighted by Crippen LogP contribution is 2.32. The van der Waals surface area contributed by atoms with E-state index in [0.717, 1.165) is 41.6 Å². The topological polar surface area (TPSA) is 66.9 Å². The monoisotopic (exact) mass is 428 g/mol. The third-order valence-corrected chi connectivity index (χ3v) is 7.78. The van der Waals surface area contributed by atoms with Gasteiger partial charge in [0.2, 0.25) is 10.0 Å². The molecule has 2 aromatic carbocycles. The number of hydrogen-bond acceptors (Lipinski definition) is 4. The van der Waals surface area contributed by atoms with Crippen molar-refractivity contribution in [2.75, 3.05) is 31.1 Å². The molecule has 2 aromatic rings. The van der Waals surface area contributed by atoms with Gasteiger partial charge in [-0.1, -0.05) is 24.1 Å². The van der Waals surface area contributed by atoms with Gasteiger partial charge < -0.3 is 9.64 Å². The summed E-state index contributed by atoms with van der Waals surface area (Å²) in [4.78, 5) is 14.8. The second kappa shape index (κ2) is 8.40. The van der Waals surface area contributed by atoms with Crippen molar-refractivity contribution in [3.8, 4) is 5.75 Å². The Morgan fingerprint density at radius 3 is 2.50 bits per heavy atom. The lowest BCUT2D eigenvalue weighted by Crippen LogP contribution is -2.35. The molecule has 0 spiro atoms. The van der Waals surface area contributed by atoms with E-state index in [2.05, 4.69) is 0 Å². The molecule has 1 amide bonds. The number of hydrogen-bond donors (Lipinski definition) is 0. The second-order valence-corrected chi connectivity index (χ2v) is 10.0. The summed E-state index contributed by atoms with van der Waals surface area (Å²) in [6.07, 6.45) is 3.55. The average Bonchev–Trinajstić information content (AvgIpc) is 3.17. The minimum atomic E-state index is -3.47. The molecule has 0 unspecified atom stereocenters. The van der Waals surface area contributed by atoms with Crippen molar-refractivity contribution >= 4 is 21.6 Å². The van der Waals surface area contributed by atoms with Crippen LogP contribution < -0.4 is 9.64 Å². The highest BCUT2D eigenvalue weighted by atomic mass is 32.2. The van der Waals surface area contributed by atoms with Gasteiger partial charge in [0.1, 0.15) is 5.75 Å². The van der Waals surface area contributed by atoms with Gasteiger partial charge >= 0.3 is 0 Å². The van der Waals surface area contributed by atoms with Crippen molar-refractivity contribution in [2.24, 2.45) is 0 Å². The van der Waals surface area contributed by atoms with E-state index in [9.17, 15) is 13.2 Å². The Bertz CT molecular complexity index is 1060. The zero-order valence-corrected chi connectivity index (χ0v) is 18.4. The summed E-state index contributed by atoms with van der Waals surface area (Å²) in [5.41, 5.74) is 3.82. The maximum absolute atomic E-state index is 12.9. The highest BCUT2D eigenvalue weighted by molar-refractivity contribution is 7.89. The summed E-state index contributed by atoms with van der Waals surface area (Å²) < 4.78 is 33.2. The predicted molar refractivity (Wildman–Crippen MR) is 117 cm³/mol. The molecule has 1 fully saturated rings. The minimum absolute atomic E-state index is 0.0445. The largest absolute Gasteiger partial charge is 0.483 e. The quantitative estimate of drug-likeness (QED) is 0.732. The molecule has 0 bridgehead atoms. The molecule has 0 aromatic heterocycles. The Kier molecular flexibility index (Phi) is 5.84. The molecule has 6 nitrogen and oxygen atoms in total. The van der Waals surface area contributed by atoms with Gasteiger partial charge in [0, 0.05) is 25.3 Å². The van der Waals surface area contributed by atoms with Crippen LogP contribution in [0.25, 0.3) is 0 Å². The molecule has 0 N–H and O–H groups in total. The molecule has 4 rings (SSSR count). The van der Waals surface area contributed by atoms with Gasteiger partial charge in [0.15, 0.2) is 6.61 Å². The number of piperidine rings is 1. The van der Waals surface area contributed by atoms with Crippen LogP contribution in [0.5, 0.6) is 5.75 Å². The Hall–Kier alpha value is -2.38. The van der Waals surface area contributed by atoms with E-state index in [1.54, 1.807) is 27.4 Å². The first-order chi connectivity index (χ1) is 14.4. The molecule has 160 valence electrons. The molecule has 1 saturated heterocycles. The van der Waals surface area contributed by atoms with Crippen LogP contribution in [0, 0.1) is 13.8 Å². The fourth-order valence-electron chi connectivity index (χ4n) is 4.23. The first-order valence-corrected chi connectivity index (χ1v) is 11.9. The predicted octanol–water partition coefficient (Wildman–Crippen LogP) is 3.45. The first kappa shape index (κ1) is 20.9. The van der Waals surface area contributed by atoms with E-state index >= 15 is 0 Å². The lowest BCUT2D eigenvalue weighted by Gasteiger charge is -2.26. The van der Waals surface area contributed by atoms with Gasteiger partial charge in [-0.05, 0) is 68.5 Å². The van der Waals surface area contributed by atoms with Crippen LogP contribution >= 0.6 is 0 Å². The second-order valence-electron chi connectivity index (χ2n) is 8.11. The number of amides is 1. The van der Waals surface area contributed by atoms with Crippen LogP contribution in [0.4, 0.5) is 5.69 Å². The molecule has 0 atom stereocenters. The Balaban J connectivity index is 1.47. The Morgan fingerprint density at radius 2 is 1.77 bits per heavy atom. The van der Waals surface area contributed by atoms with Crippen LogP contribution in [0.2, 0.25) is 0 Å². The van der Waals surface area contributed by atoms with E-state index in [-0.39, 0.29) is 12.5 Å². The zero-order valence-electron chi connectivity index (χ0n) is 17.6. The number of nitrogens with zero attached hydrogens (tertiary/aromatic N) is 2. The standard InChI is InChI=1S/C23H28N2O4S/c1-17-6-9-22(18(2)14-17)29-16-23(26)25-13-10-19-15-20(7-8-21(19)25)30(27,28)24-11-4-3-5-12-24/h6-9,14-15H,3-5,10-13,16H2,1-2H3. The van der Waals surface area contributed by atoms with Gasteiger partial charge in [-0.2, -0.15) is 4.31 Å². The fraction of sp³-hybridized carbons (Fsp3) is 0.435. The lowest BCUT2D eigenvalue weighted by atomic mass is 10.1. The smallest absolute Gasteiger partial charge is 0.264 e. The minimum Gasteiger partial charge on any atom is -0.483 e. The number of aryl methyl sites for hydroxylation is 2. The van der Waals surface area contributed by atoms with Gasteiger partial charge in [0.25, 0.3) is 5.91 Å². The van der Waals surface area contributed by atoms with Crippen molar-refractivity contribution in [1.29, 1.82) is 0 Å². The summed E-state index contributed by atoms with van der Waals surface area (Å²) in [7, 11) is -3.47. The summed E-state index contributed by atoms with van der Waals surface area (Å²) in [6, 6.07) is 11.0. The van der Waals surface area contributed by atoms with Crippen molar-refractivity contribution in [2.45, 2.75) is 44.4 Å². The van der Waals surface area contributed by atoms with Gasteiger partial charge in [0.05, 0.1) is 4.90 Å². The van der Waals surface area contributed by atoms with E-state index < -0.39 is 10.0 Å². The molecule has 2 aliphatic heterocycles. The first-order valence-electron chi connectivity index (χ1n) is 10.5. The molecule has 2 heterocycles. The molecule has 7 heteroatoms. The van der Waals surface area contributed by atoms with Crippen LogP contribution in [-0.4, -0.2) is 44.9 Å². The van der Waals surface area contributed by atoms with E-state index in [1.165, 1.54) is 0 Å². The number of carbonyl (C=O) groups excluding carboxylic acids is 1. The summed E-state index contributed by atoms with van der Waals surface area (Å²) >= 11 is 0. The zero-order chi connectivity index (χ0) is 21.3. The fourth-order valence-corrected chi connectivity index (χ4v) is 5.80. The molecule has 0 aliphatic carbocycles. The van der Waals surface area contributed by atoms with Crippen molar-refractivity contribution < 1.29 is 17.9 Å². The Labute approximate surface area is 178 Å². The van der Waals surface area contributed by atoms with E-state index in [0.29, 0.717) is 36.7 Å². The number of fused-ring (bicyclic) bond motifs is 1. The van der Waals surface area contributed by atoms with E-state index in [4.69, 9.17) is 4.74 Å². The highest BCUT2D eigenvalue weighted by Gasteiger charge is 2.30. The molecule has 0 radical (unpaired) electrons. The maximum atomic E-state index is 12.9. The summed E-state index contributed by atoms with van der Waals surface area (Å²) in [5.74, 6) is 0.580. The Morgan fingerprint density at radius 1 is 1.00 bits per heavy atom. The lowest BCUT2D eigenvalue weighted by molar-refractivity contribution is -0.120. The number of carbonyl (C=O) groups is 1. The molecule has 2 aliphatic rings. The molecular formula is C23H28N2O4S. The molecule has 30 heavy (non-hydrogen) atoms. The number of ether oxygens (including phenoxy) is 1. The maximum Gasteiger partial charge on any atom is 0.264 e. The SMILES string of the molecule is Cc1ccc(OCC(=O)N2CCc3cc(S(=O)(=O)N4CCCCC4)ccc32)c(C)c1. The van der Waals surface area contributed by atoms with Crippen molar-refractivity contribution in [3.05, 3.63) is 53.1 Å². The number of anilines is 1. The van der Waals surface area contributed by atoms with Crippen molar-refractivity contribution in [1.82, 2.24) is 4.31 Å². The average molecular weight is 429 g/mol. The summed E-state index contributed by atoms with van der Waals surface area (Å²) in [5, 5.41) is 0. The third kappa shape index (κ3) is 4.09. The number of sulfonamides is 1. The van der Waals surface area contributed by atoms with Crippen LogP contribution in [0.3, 0.4) is 0 Å². The van der Waals surface area contributed by atoms with Gasteiger partial charge in [-0.25, -0.2) is 8.42 Å². The van der Waals surface area contributed by atoms with E-state index in [1.807, 2.05) is 32.0 Å². The van der Waals surface area contributed by atoms with Gasteiger partial charge in [-0.15, -0.1) is 0 Å². The van der Waals surface area contributed by atoms with Crippen LogP contribution in [-0.2, 0) is 21.2 Å². The van der Waals surface area contributed by atoms with Gasteiger partial charge in [-0.3, -0.25) is 4.79 Å². The molecular weight excluding hydrogens is 400 g/mol. The van der Waals surface area contributed by atoms with Crippen LogP contribution in [0.1, 0.15) is 36.0 Å². The van der Waals surface area contributed by atoms with Crippen molar-refractivity contribution in [3.63, 3.8) is 0 Å².